The Balaban J connectivity index is 1.31. The van der Waals surface area contributed by atoms with E-state index >= 15 is 0 Å². The number of benzene rings is 2. The predicted molar refractivity (Wildman–Crippen MR) is 102 cm³/mol. The fourth-order valence-electron chi connectivity index (χ4n) is 4.64. The molecule has 2 bridgehead atoms. The highest BCUT2D eigenvalue weighted by atomic mass is 35.5. The molecular formula is C22H18ClNO3. The van der Waals surface area contributed by atoms with Gasteiger partial charge in [0.05, 0.1) is 17.5 Å². The van der Waals surface area contributed by atoms with Crippen molar-refractivity contribution in [1.29, 1.82) is 0 Å². The van der Waals surface area contributed by atoms with Crippen molar-refractivity contribution in [3.63, 3.8) is 0 Å². The molecular weight excluding hydrogens is 362 g/mol. The fraction of sp³-hybridized carbons (Fsp3) is 0.273. The molecule has 1 saturated heterocycles. The normalized spacial score (nSPS) is 28.1. The minimum atomic E-state index is -0.175. The van der Waals surface area contributed by atoms with Crippen molar-refractivity contribution in [3.05, 3.63) is 71.3 Å². The molecule has 2 aromatic rings. The number of halogens is 1. The molecule has 3 aliphatic rings. The van der Waals surface area contributed by atoms with Crippen LogP contribution >= 0.6 is 11.6 Å². The summed E-state index contributed by atoms with van der Waals surface area (Å²) in [5, 5.41) is 0.673. The summed E-state index contributed by atoms with van der Waals surface area (Å²) in [4.78, 5) is 27.0. The average Bonchev–Trinajstić information content (AvgIpc) is 3.35. The van der Waals surface area contributed by atoms with E-state index in [-0.39, 0.29) is 35.5 Å². The molecule has 4 atom stereocenters. The van der Waals surface area contributed by atoms with Gasteiger partial charge in [-0.1, -0.05) is 35.9 Å². The van der Waals surface area contributed by atoms with E-state index in [4.69, 9.17) is 16.3 Å². The van der Waals surface area contributed by atoms with Gasteiger partial charge in [-0.15, -0.1) is 0 Å². The van der Waals surface area contributed by atoms with Gasteiger partial charge in [0, 0.05) is 5.02 Å². The van der Waals surface area contributed by atoms with Crippen molar-refractivity contribution in [2.24, 2.45) is 23.7 Å². The maximum absolute atomic E-state index is 12.8. The number of fused-ring (bicyclic) bond motifs is 5. The number of hydrogen-bond acceptors (Lipinski definition) is 3. The van der Waals surface area contributed by atoms with Crippen LogP contribution in [0, 0.1) is 23.7 Å². The number of nitrogens with zero attached hydrogens (tertiary/aromatic N) is 1. The van der Waals surface area contributed by atoms with Crippen LogP contribution in [0.5, 0.6) is 5.75 Å². The van der Waals surface area contributed by atoms with Gasteiger partial charge >= 0.3 is 0 Å². The van der Waals surface area contributed by atoms with Gasteiger partial charge in [-0.25, -0.2) is 0 Å². The molecule has 136 valence electrons. The maximum Gasteiger partial charge on any atom is 0.238 e. The van der Waals surface area contributed by atoms with E-state index in [1.54, 1.807) is 24.3 Å². The van der Waals surface area contributed by atoms with Crippen molar-refractivity contribution in [2.45, 2.75) is 13.0 Å². The Bertz CT molecular complexity index is 922. The van der Waals surface area contributed by atoms with Gasteiger partial charge in [-0.2, -0.15) is 0 Å². The largest absolute Gasteiger partial charge is 0.489 e. The van der Waals surface area contributed by atoms with E-state index in [9.17, 15) is 9.59 Å². The van der Waals surface area contributed by atoms with Crippen molar-refractivity contribution >= 4 is 29.1 Å². The van der Waals surface area contributed by atoms with Crippen LogP contribution in [-0.4, -0.2) is 11.8 Å². The second-order valence-electron chi connectivity index (χ2n) is 7.42. The van der Waals surface area contributed by atoms with Crippen molar-refractivity contribution in [1.82, 2.24) is 0 Å². The summed E-state index contributed by atoms with van der Waals surface area (Å²) >= 11 is 5.98. The van der Waals surface area contributed by atoms with E-state index in [0.29, 0.717) is 23.1 Å². The molecule has 1 aliphatic heterocycles. The summed E-state index contributed by atoms with van der Waals surface area (Å²) in [6.07, 6.45) is 5.15. The molecule has 0 unspecified atom stereocenters. The molecule has 2 fully saturated rings. The van der Waals surface area contributed by atoms with E-state index in [0.717, 1.165) is 12.0 Å². The predicted octanol–water partition coefficient (Wildman–Crippen LogP) is 4.23. The number of ether oxygens (including phenoxy) is 1. The second-order valence-corrected chi connectivity index (χ2v) is 7.86. The number of imide groups is 1. The third kappa shape index (κ3) is 2.67. The zero-order valence-electron chi connectivity index (χ0n) is 14.5. The SMILES string of the molecule is O=C1[C@@H]2[C@@H](C(=O)N1c1ccc(OCc3cccc(Cl)c3)cc1)[C@H]1C=C[C@@H]2C1. The van der Waals surface area contributed by atoms with Crippen LogP contribution < -0.4 is 9.64 Å². The van der Waals surface area contributed by atoms with Crippen molar-refractivity contribution in [3.8, 4) is 5.75 Å². The first-order valence-electron chi connectivity index (χ1n) is 9.15. The molecule has 5 heteroatoms. The summed E-state index contributed by atoms with van der Waals surface area (Å²) in [5.41, 5.74) is 1.60. The highest BCUT2D eigenvalue weighted by Gasteiger charge is 2.59. The van der Waals surface area contributed by atoms with E-state index < -0.39 is 0 Å². The Morgan fingerprint density at radius 1 is 0.963 bits per heavy atom. The third-order valence-corrected chi connectivity index (χ3v) is 6.09. The Labute approximate surface area is 162 Å². The molecule has 0 N–H and O–H groups in total. The third-order valence-electron chi connectivity index (χ3n) is 5.86. The number of carbonyl (C=O) groups excluding carboxylic acids is 2. The monoisotopic (exact) mass is 379 g/mol. The molecule has 4 nitrogen and oxygen atoms in total. The molecule has 2 aliphatic carbocycles. The molecule has 1 heterocycles. The van der Waals surface area contributed by atoms with E-state index in [2.05, 4.69) is 12.2 Å². The molecule has 1 saturated carbocycles. The minimum absolute atomic E-state index is 0.0607. The van der Waals surface area contributed by atoms with Crippen LogP contribution in [0.4, 0.5) is 5.69 Å². The topological polar surface area (TPSA) is 46.6 Å². The lowest BCUT2D eigenvalue weighted by molar-refractivity contribution is -0.123. The lowest BCUT2D eigenvalue weighted by atomic mass is 9.85. The molecule has 0 aromatic heterocycles. The Hall–Kier alpha value is -2.59. The first-order valence-corrected chi connectivity index (χ1v) is 9.53. The molecule has 0 radical (unpaired) electrons. The number of amides is 2. The average molecular weight is 380 g/mol. The number of anilines is 1. The summed E-state index contributed by atoms with van der Waals surface area (Å²) < 4.78 is 5.78. The van der Waals surface area contributed by atoms with Crippen molar-refractivity contribution < 1.29 is 14.3 Å². The van der Waals surface area contributed by atoms with Gasteiger partial charge in [0.15, 0.2) is 0 Å². The second kappa shape index (κ2) is 6.24. The molecule has 0 spiro atoms. The zero-order chi connectivity index (χ0) is 18.5. The number of rotatable bonds is 4. The highest BCUT2D eigenvalue weighted by molar-refractivity contribution is 6.30. The van der Waals surface area contributed by atoms with Crippen LogP contribution in [0.1, 0.15) is 12.0 Å². The Kier molecular flexibility index (Phi) is 3.83. The van der Waals surface area contributed by atoms with Gasteiger partial charge in [-0.3, -0.25) is 14.5 Å². The van der Waals surface area contributed by atoms with Crippen LogP contribution in [-0.2, 0) is 16.2 Å². The first kappa shape index (κ1) is 16.6. The fourth-order valence-corrected chi connectivity index (χ4v) is 4.85. The summed E-state index contributed by atoms with van der Waals surface area (Å²) in [6, 6.07) is 14.7. The molecule has 27 heavy (non-hydrogen) atoms. The van der Waals surface area contributed by atoms with Gasteiger partial charge in [0.25, 0.3) is 0 Å². The highest BCUT2D eigenvalue weighted by Crippen LogP contribution is 2.53. The van der Waals surface area contributed by atoms with Crippen LogP contribution in [0.15, 0.2) is 60.7 Å². The number of allylic oxidation sites excluding steroid dienone is 2. The smallest absolute Gasteiger partial charge is 0.238 e. The van der Waals surface area contributed by atoms with E-state index in [1.165, 1.54) is 4.90 Å². The molecule has 2 amide bonds. The van der Waals surface area contributed by atoms with Gasteiger partial charge in [0.2, 0.25) is 11.8 Å². The molecule has 5 rings (SSSR count). The number of hydrogen-bond donors (Lipinski definition) is 0. The first-order chi connectivity index (χ1) is 13.1. The molecule has 2 aromatic carbocycles. The lowest BCUT2D eigenvalue weighted by Gasteiger charge is -2.17. The summed E-state index contributed by atoms with van der Waals surface area (Å²) in [6.45, 7) is 0.403. The van der Waals surface area contributed by atoms with Crippen LogP contribution in [0.2, 0.25) is 5.02 Å². The Morgan fingerprint density at radius 3 is 2.26 bits per heavy atom. The quantitative estimate of drug-likeness (QED) is 0.590. The van der Waals surface area contributed by atoms with Gasteiger partial charge in [0.1, 0.15) is 12.4 Å². The standard InChI is InChI=1S/C22H18ClNO3/c23-16-3-1-2-13(10-16)12-27-18-8-6-17(7-9-18)24-21(25)19-14-4-5-15(11-14)20(19)22(24)26/h1-10,14-15,19-20H,11-12H2/t14-,15+,19-,20-/m0/s1. The van der Waals surface area contributed by atoms with Crippen LogP contribution in [0.3, 0.4) is 0 Å². The minimum Gasteiger partial charge on any atom is -0.489 e. The summed E-state index contributed by atoms with van der Waals surface area (Å²) in [5.74, 6) is 0.657. The van der Waals surface area contributed by atoms with Gasteiger partial charge < -0.3 is 4.74 Å². The lowest BCUT2D eigenvalue weighted by Crippen LogP contribution is -2.32. The number of carbonyl (C=O) groups is 2. The summed E-state index contributed by atoms with van der Waals surface area (Å²) in [7, 11) is 0. The van der Waals surface area contributed by atoms with Crippen molar-refractivity contribution in [2.75, 3.05) is 4.90 Å². The van der Waals surface area contributed by atoms with Gasteiger partial charge in [-0.05, 0) is 60.2 Å². The Morgan fingerprint density at radius 2 is 1.63 bits per heavy atom. The maximum atomic E-state index is 12.8. The zero-order valence-corrected chi connectivity index (χ0v) is 15.3. The van der Waals surface area contributed by atoms with Crippen LogP contribution in [0.25, 0.3) is 0 Å². The van der Waals surface area contributed by atoms with E-state index in [1.807, 2.05) is 24.3 Å².